The van der Waals surface area contributed by atoms with E-state index in [0.717, 1.165) is 4.73 Å². The largest absolute Gasteiger partial charge is 0.520 e. The number of pyridine rings is 1. The summed E-state index contributed by atoms with van der Waals surface area (Å²) in [5.41, 5.74) is 0.822. The van der Waals surface area contributed by atoms with Crippen LogP contribution in [-0.4, -0.2) is 40.1 Å². The zero-order chi connectivity index (χ0) is 21.7. The third-order valence-corrected chi connectivity index (χ3v) is 5.97. The molecule has 1 aliphatic heterocycles. The van der Waals surface area contributed by atoms with Gasteiger partial charge in [-0.2, -0.15) is 13.2 Å². The monoisotopic (exact) mass is 463 g/mol. The van der Waals surface area contributed by atoms with Crippen molar-refractivity contribution >= 4 is 32.2 Å². The van der Waals surface area contributed by atoms with Gasteiger partial charge in [0.05, 0.1) is 22.2 Å². The highest BCUT2D eigenvalue weighted by atomic mass is 32.3. The maximum absolute atomic E-state index is 12.9. The third kappa shape index (κ3) is 3.92. The van der Waals surface area contributed by atoms with Crippen LogP contribution in [-0.2, 0) is 27.0 Å². The lowest BCUT2D eigenvalue weighted by Gasteiger charge is -2.13. The second kappa shape index (κ2) is 7.12. The van der Waals surface area contributed by atoms with E-state index in [1.807, 2.05) is 0 Å². The van der Waals surface area contributed by atoms with E-state index in [1.165, 1.54) is 37.4 Å². The molecule has 3 aromatic rings. The predicted octanol–water partition coefficient (Wildman–Crippen LogP) is 2.05. The van der Waals surface area contributed by atoms with E-state index in [0.29, 0.717) is 0 Å². The lowest BCUT2D eigenvalue weighted by Crippen LogP contribution is -2.26. The molecule has 14 heteroatoms. The Hall–Kier alpha value is -2.87. The highest BCUT2D eigenvalue weighted by molar-refractivity contribution is 7.84. The van der Waals surface area contributed by atoms with E-state index in [2.05, 4.69) is 9.97 Å². The Morgan fingerprint density at radius 1 is 1.27 bits per heavy atom. The quantitative estimate of drug-likeness (QED) is 0.566. The van der Waals surface area contributed by atoms with Crippen molar-refractivity contribution in [2.24, 2.45) is 0 Å². The molecule has 4 rings (SSSR count). The Morgan fingerprint density at radius 3 is 2.77 bits per heavy atom. The summed E-state index contributed by atoms with van der Waals surface area (Å²) in [4.78, 5) is 8.20. The summed E-state index contributed by atoms with van der Waals surface area (Å²) in [7, 11) is -6.42. The summed E-state index contributed by atoms with van der Waals surface area (Å²) in [6, 6.07) is 5.65. The number of aromatic nitrogens is 3. The van der Waals surface area contributed by atoms with Crippen molar-refractivity contribution in [3.05, 3.63) is 41.7 Å². The summed E-state index contributed by atoms with van der Waals surface area (Å²) in [5.74, 6) is -0.407. The zero-order valence-electron chi connectivity index (χ0n) is 15.0. The smallest absolute Gasteiger partial charge is 0.484 e. The van der Waals surface area contributed by atoms with Gasteiger partial charge >= 0.3 is 16.6 Å². The Morgan fingerprint density at radius 2 is 2.03 bits per heavy atom. The molecule has 4 bridgehead atoms. The maximum atomic E-state index is 12.9. The van der Waals surface area contributed by atoms with E-state index in [-0.39, 0.29) is 44.7 Å². The molecular weight excluding hydrogens is 451 g/mol. The number of ether oxygens (including phenoxy) is 1. The Labute approximate surface area is 170 Å². The molecule has 1 aromatic carbocycles. The van der Waals surface area contributed by atoms with Gasteiger partial charge in [0.2, 0.25) is 5.16 Å². The van der Waals surface area contributed by atoms with Gasteiger partial charge in [-0.25, -0.2) is 4.98 Å². The molecule has 0 fully saturated rings. The van der Waals surface area contributed by atoms with Crippen LogP contribution in [0.5, 0.6) is 11.5 Å². The molecule has 3 heterocycles. The molecule has 0 aliphatic carbocycles. The van der Waals surface area contributed by atoms with Gasteiger partial charge in [0.25, 0.3) is 0 Å². The van der Waals surface area contributed by atoms with Crippen LogP contribution in [0.4, 0.5) is 13.2 Å². The zero-order valence-corrected chi connectivity index (χ0v) is 16.7. The van der Waals surface area contributed by atoms with Gasteiger partial charge in [-0.15, -0.1) is 13.1 Å². The second-order valence-corrected chi connectivity index (χ2v) is 8.63. The van der Waals surface area contributed by atoms with Crippen LogP contribution in [0.25, 0.3) is 11.0 Å². The van der Waals surface area contributed by atoms with Crippen molar-refractivity contribution in [1.82, 2.24) is 14.7 Å². The number of hydrogen-bond donors (Lipinski definition) is 0. The van der Waals surface area contributed by atoms with Gasteiger partial charge in [0.1, 0.15) is 16.8 Å². The first-order chi connectivity index (χ1) is 14.0. The molecule has 0 amide bonds. The fourth-order valence-electron chi connectivity index (χ4n) is 2.74. The van der Waals surface area contributed by atoms with Crippen molar-refractivity contribution in [2.45, 2.75) is 24.0 Å². The number of halogens is 3. The van der Waals surface area contributed by atoms with Gasteiger partial charge < -0.3 is 8.92 Å². The van der Waals surface area contributed by atoms with Crippen LogP contribution in [0.15, 0.2) is 35.6 Å². The van der Waals surface area contributed by atoms with Crippen molar-refractivity contribution in [3.63, 3.8) is 0 Å². The minimum atomic E-state index is -4.51. The minimum absolute atomic E-state index is 0.0570. The molecule has 9 nitrogen and oxygen atoms in total. The van der Waals surface area contributed by atoms with Gasteiger partial charge in [0, 0.05) is 11.8 Å². The van der Waals surface area contributed by atoms with Gasteiger partial charge in [0.15, 0.2) is 12.4 Å². The van der Waals surface area contributed by atoms with E-state index in [1.54, 1.807) is 0 Å². The SMILES string of the molecule is Cc1c(OCC(F)(F)F)ccnc1CS(=O)c1nc2c3cccc2n1OS(=O)(=O)O3. The van der Waals surface area contributed by atoms with Crippen LogP contribution >= 0.6 is 0 Å². The molecule has 1 unspecified atom stereocenters. The number of benzene rings is 1. The van der Waals surface area contributed by atoms with Crippen LogP contribution in [0.3, 0.4) is 0 Å². The summed E-state index contributed by atoms with van der Waals surface area (Å²) in [5, 5.41) is -0.216. The van der Waals surface area contributed by atoms with Crippen molar-refractivity contribution in [2.75, 3.05) is 6.61 Å². The number of hydrogen-bond acceptors (Lipinski definition) is 8. The fourth-order valence-corrected chi connectivity index (χ4v) is 4.69. The molecule has 2 aromatic heterocycles. The summed E-state index contributed by atoms with van der Waals surface area (Å²) in [6.07, 6.45) is -3.29. The molecule has 0 saturated carbocycles. The highest BCUT2D eigenvalue weighted by Crippen LogP contribution is 2.31. The average molecular weight is 463 g/mol. The molecule has 1 atom stereocenters. The first-order valence-electron chi connectivity index (χ1n) is 8.22. The van der Waals surface area contributed by atoms with E-state index in [9.17, 15) is 25.8 Å². The normalized spacial score (nSPS) is 16.0. The number of para-hydroxylation sites is 1. The summed E-state index contributed by atoms with van der Waals surface area (Å²) < 4.78 is 89.2. The van der Waals surface area contributed by atoms with E-state index in [4.69, 9.17) is 13.2 Å². The van der Waals surface area contributed by atoms with Crippen LogP contribution in [0.2, 0.25) is 0 Å². The van der Waals surface area contributed by atoms with E-state index >= 15 is 0 Å². The lowest BCUT2D eigenvalue weighted by atomic mass is 10.2. The second-order valence-electron chi connectivity index (χ2n) is 6.15. The van der Waals surface area contributed by atoms with Gasteiger partial charge in [-0.05, 0) is 25.1 Å². The Bertz CT molecular complexity index is 1270. The van der Waals surface area contributed by atoms with Gasteiger partial charge in [-0.3, -0.25) is 13.5 Å². The Balaban J connectivity index is 1.67. The molecule has 1 aliphatic rings. The van der Waals surface area contributed by atoms with Crippen molar-refractivity contribution in [1.29, 1.82) is 0 Å². The topological polar surface area (TPSA) is 110 Å². The molecule has 0 radical (unpaired) electrons. The van der Waals surface area contributed by atoms with Crippen LogP contribution in [0, 0.1) is 6.92 Å². The van der Waals surface area contributed by atoms with Crippen molar-refractivity contribution < 1.29 is 39.0 Å². The van der Waals surface area contributed by atoms with Crippen LogP contribution in [0.1, 0.15) is 11.3 Å². The van der Waals surface area contributed by atoms with E-state index < -0.39 is 34.0 Å². The fraction of sp³-hybridized carbons (Fsp3) is 0.250. The summed E-state index contributed by atoms with van der Waals surface area (Å²) in [6.45, 7) is -0.00506. The lowest BCUT2D eigenvalue weighted by molar-refractivity contribution is -0.153. The molecule has 0 spiro atoms. The van der Waals surface area contributed by atoms with Crippen molar-refractivity contribution in [3.8, 4) is 11.5 Å². The molecule has 160 valence electrons. The first-order valence-corrected chi connectivity index (χ1v) is 10.9. The standard InChI is InChI=1S/C16H12F3N3O6S2/c1-9-10(20-6-5-12(9)26-8-16(17,18)19)7-29(23)15-21-14-11-3-2-4-13(14)27-30(24,25)28-22(11)15/h2-6H,7-8H2,1H3. The summed E-state index contributed by atoms with van der Waals surface area (Å²) >= 11 is 0. The maximum Gasteiger partial charge on any atom is 0.520 e. The number of nitrogens with zero attached hydrogens (tertiary/aromatic N) is 3. The minimum Gasteiger partial charge on any atom is -0.484 e. The molecule has 30 heavy (non-hydrogen) atoms. The number of rotatable bonds is 5. The number of alkyl halides is 3. The molecular formula is C16H12F3N3O6S2. The Kier molecular flexibility index (Phi) is 4.85. The first kappa shape index (κ1) is 20.4. The number of imidazole rings is 1. The average Bonchev–Trinajstić information content (AvgIpc) is 2.98. The van der Waals surface area contributed by atoms with Crippen LogP contribution < -0.4 is 13.2 Å². The highest BCUT2D eigenvalue weighted by Gasteiger charge is 2.31. The predicted molar refractivity (Wildman–Crippen MR) is 96.5 cm³/mol. The third-order valence-electron chi connectivity index (χ3n) is 4.06. The molecule has 0 N–H and O–H groups in total. The van der Waals surface area contributed by atoms with Gasteiger partial charge in [-0.1, -0.05) is 6.07 Å². The molecule has 0 saturated heterocycles.